The van der Waals surface area contributed by atoms with Crippen LogP contribution < -0.4 is 16.9 Å². The molecule has 6 nitrogen and oxygen atoms in total. The topological polar surface area (TPSA) is 96.2 Å². The third-order valence-corrected chi connectivity index (χ3v) is 3.05. The van der Waals surface area contributed by atoms with Gasteiger partial charge in [-0.05, 0) is 17.7 Å². The van der Waals surface area contributed by atoms with Gasteiger partial charge >= 0.3 is 0 Å². The van der Waals surface area contributed by atoms with Crippen LogP contribution >= 0.6 is 11.6 Å². The SMILES string of the molecule is Nc1c(=O)[nH]n2c(=O)cc(-c3cccc(Cl)c3)[nH]c12. The first kappa shape index (κ1) is 11.6. The number of H-pyrrole nitrogens is 2. The highest BCUT2D eigenvalue weighted by atomic mass is 35.5. The van der Waals surface area contributed by atoms with Crippen LogP contribution in [0.1, 0.15) is 0 Å². The number of hydrogen-bond donors (Lipinski definition) is 3. The second kappa shape index (κ2) is 4.03. The van der Waals surface area contributed by atoms with Crippen molar-refractivity contribution in [1.29, 1.82) is 0 Å². The summed E-state index contributed by atoms with van der Waals surface area (Å²) in [6.07, 6.45) is 0. The van der Waals surface area contributed by atoms with E-state index in [4.69, 9.17) is 17.3 Å². The lowest BCUT2D eigenvalue weighted by Crippen LogP contribution is -2.15. The number of benzene rings is 1. The third kappa shape index (κ3) is 1.82. The summed E-state index contributed by atoms with van der Waals surface area (Å²) in [6, 6.07) is 8.39. The molecule has 0 saturated heterocycles. The predicted octanol–water partition coefficient (Wildman–Crippen LogP) is 1.22. The molecule has 0 aliphatic carbocycles. The number of aromatic nitrogens is 3. The molecule has 96 valence electrons. The van der Waals surface area contributed by atoms with Gasteiger partial charge < -0.3 is 10.7 Å². The van der Waals surface area contributed by atoms with Gasteiger partial charge in [0, 0.05) is 11.1 Å². The minimum absolute atomic E-state index is 0.0269. The smallest absolute Gasteiger partial charge is 0.289 e. The van der Waals surface area contributed by atoms with Gasteiger partial charge in [-0.3, -0.25) is 14.7 Å². The summed E-state index contributed by atoms with van der Waals surface area (Å²) in [4.78, 5) is 26.3. The molecule has 4 N–H and O–H groups in total. The number of nitrogens with one attached hydrogen (secondary N) is 2. The molecule has 1 aromatic carbocycles. The van der Waals surface area contributed by atoms with Crippen molar-refractivity contribution >= 4 is 22.9 Å². The fourth-order valence-corrected chi connectivity index (χ4v) is 2.09. The van der Waals surface area contributed by atoms with Crippen LogP contribution in [0, 0.1) is 0 Å². The summed E-state index contributed by atoms with van der Waals surface area (Å²) in [6.45, 7) is 0. The van der Waals surface area contributed by atoms with Crippen molar-refractivity contribution in [3.63, 3.8) is 0 Å². The first-order valence-corrected chi connectivity index (χ1v) is 5.83. The second-order valence-electron chi connectivity index (χ2n) is 4.07. The Morgan fingerprint density at radius 3 is 2.74 bits per heavy atom. The molecular formula is C12H9ClN4O2. The number of hydrogen-bond acceptors (Lipinski definition) is 3. The highest BCUT2D eigenvalue weighted by Gasteiger charge is 2.10. The molecule has 2 heterocycles. The molecule has 0 spiro atoms. The van der Waals surface area contributed by atoms with Crippen molar-refractivity contribution < 1.29 is 0 Å². The van der Waals surface area contributed by atoms with Crippen LogP contribution in [0.3, 0.4) is 0 Å². The van der Waals surface area contributed by atoms with Crippen molar-refractivity contribution in [3.05, 3.63) is 56.1 Å². The van der Waals surface area contributed by atoms with Gasteiger partial charge in [-0.2, -0.15) is 4.52 Å². The van der Waals surface area contributed by atoms with Crippen molar-refractivity contribution in [2.45, 2.75) is 0 Å². The van der Waals surface area contributed by atoms with Gasteiger partial charge in [0.15, 0.2) is 5.65 Å². The fraction of sp³-hybridized carbons (Fsp3) is 0. The van der Waals surface area contributed by atoms with E-state index in [1.54, 1.807) is 24.3 Å². The molecule has 0 aliphatic rings. The molecule has 0 saturated carbocycles. The van der Waals surface area contributed by atoms with E-state index in [0.717, 1.165) is 10.1 Å². The predicted molar refractivity (Wildman–Crippen MR) is 73.5 cm³/mol. The van der Waals surface area contributed by atoms with Gasteiger partial charge in [0.25, 0.3) is 11.1 Å². The van der Waals surface area contributed by atoms with Gasteiger partial charge in [0.1, 0.15) is 5.69 Å². The molecule has 0 amide bonds. The quantitative estimate of drug-likeness (QED) is 0.623. The van der Waals surface area contributed by atoms with E-state index in [-0.39, 0.29) is 16.9 Å². The largest absolute Gasteiger partial charge is 0.391 e. The van der Waals surface area contributed by atoms with Crippen LogP contribution in [0.15, 0.2) is 39.9 Å². The number of nitrogens with two attached hydrogens (primary N) is 1. The number of aromatic amines is 2. The van der Waals surface area contributed by atoms with Crippen LogP contribution in [-0.2, 0) is 0 Å². The highest BCUT2D eigenvalue weighted by molar-refractivity contribution is 6.30. The van der Waals surface area contributed by atoms with E-state index in [0.29, 0.717) is 10.7 Å². The van der Waals surface area contributed by atoms with Crippen LogP contribution in [-0.4, -0.2) is 14.6 Å². The number of halogens is 1. The minimum atomic E-state index is -0.503. The maximum absolute atomic E-state index is 11.9. The first-order valence-electron chi connectivity index (χ1n) is 5.46. The average molecular weight is 277 g/mol. The lowest BCUT2D eigenvalue weighted by molar-refractivity contribution is 0.884. The van der Waals surface area contributed by atoms with Gasteiger partial charge in [-0.1, -0.05) is 23.7 Å². The Balaban J connectivity index is 2.35. The lowest BCUT2D eigenvalue weighted by Gasteiger charge is -2.03. The molecule has 0 fully saturated rings. The molecular weight excluding hydrogens is 268 g/mol. The Kier molecular flexibility index (Phi) is 2.46. The van der Waals surface area contributed by atoms with Gasteiger partial charge in [0.2, 0.25) is 0 Å². The number of nitrogens with zero attached hydrogens (tertiary/aromatic N) is 1. The van der Waals surface area contributed by atoms with Crippen molar-refractivity contribution in [2.24, 2.45) is 0 Å². The Bertz CT molecular complexity index is 891. The summed E-state index contributed by atoms with van der Waals surface area (Å²) in [5.41, 5.74) is 6.24. The molecule has 7 heteroatoms. The zero-order chi connectivity index (χ0) is 13.6. The monoisotopic (exact) mass is 276 g/mol. The van der Waals surface area contributed by atoms with Gasteiger partial charge in [-0.15, -0.1) is 0 Å². The van der Waals surface area contributed by atoms with Crippen LogP contribution in [0.5, 0.6) is 0 Å². The van der Waals surface area contributed by atoms with E-state index in [1.807, 2.05) is 0 Å². The molecule has 0 atom stereocenters. The Hall–Kier alpha value is -2.47. The molecule has 19 heavy (non-hydrogen) atoms. The number of anilines is 1. The summed E-state index contributed by atoms with van der Waals surface area (Å²) in [5, 5.41) is 2.90. The van der Waals surface area contributed by atoms with Crippen LogP contribution in [0.4, 0.5) is 5.69 Å². The summed E-state index contributed by atoms with van der Waals surface area (Å²) >= 11 is 5.91. The maximum Gasteiger partial charge on any atom is 0.289 e. The zero-order valence-corrected chi connectivity index (χ0v) is 10.4. The van der Waals surface area contributed by atoms with Crippen LogP contribution in [0.2, 0.25) is 5.02 Å². The molecule has 0 radical (unpaired) electrons. The van der Waals surface area contributed by atoms with Crippen LogP contribution in [0.25, 0.3) is 16.9 Å². The fourth-order valence-electron chi connectivity index (χ4n) is 1.90. The summed E-state index contributed by atoms with van der Waals surface area (Å²) in [5.74, 6) is 0. The number of rotatable bonds is 1. The maximum atomic E-state index is 11.9. The standard InChI is InChI=1S/C12H9ClN4O2/c13-7-3-1-2-6(4-7)8-5-9(18)17-11(15-8)10(14)12(19)16-17/h1-5,15H,14H2,(H,16,19). The van der Waals surface area contributed by atoms with Crippen molar-refractivity contribution in [3.8, 4) is 11.3 Å². The number of fused-ring (bicyclic) bond motifs is 1. The molecule has 3 rings (SSSR count). The molecule has 0 unspecified atom stereocenters. The summed E-state index contributed by atoms with van der Waals surface area (Å²) in [7, 11) is 0. The Morgan fingerprint density at radius 2 is 2.00 bits per heavy atom. The Morgan fingerprint density at radius 1 is 1.21 bits per heavy atom. The second-order valence-corrected chi connectivity index (χ2v) is 4.51. The first-order chi connectivity index (χ1) is 9.06. The van der Waals surface area contributed by atoms with Crippen molar-refractivity contribution in [1.82, 2.24) is 14.6 Å². The van der Waals surface area contributed by atoms with Gasteiger partial charge in [-0.25, -0.2) is 0 Å². The Labute approximate surface area is 111 Å². The normalized spacial score (nSPS) is 11.0. The molecule has 3 aromatic rings. The number of nitrogen functional groups attached to an aromatic ring is 1. The van der Waals surface area contributed by atoms with E-state index in [2.05, 4.69) is 10.1 Å². The van der Waals surface area contributed by atoms with Gasteiger partial charge in [0.05, 0.1) is 5.69 Å². The van der Waals surface area contributed by atoms with E-state index >= 15 is 0 Å². The highest BCUT2D eigenvalue weighted by Crippen LogP contribution is 2.20. The van der Waals surface area contributed by atoms with Crippen molar-refractivity contribution in [2.75, 3.05) is 5.73 Å². The van der Waals surface area contributed by atoms with E-state index in [9.17, 15) is 9.59 Å². The molecule has 0 aliphatic heterocycles. The zero-order valence-electron chi connectivity index (χ0n) is 9.61. The molecule has 2 aromatic heterocycles. The summed E-state index contributed by atoms with van der Waals surface area (Å²) < 4.78 is 1.08. The minimum Gasteiger partial charge on any atom is -0.391 e. The van der Waals surface area contributed by atoms with E-state index < -0.39 is 5.56 Å². The lowest BCUT2D eigenvalue weighted by atomic mass is 10.1. The third-order valence-electron chi connectivity index (χ3n) is 2.81. The average Bonchev–Trinajstić information content (AvgIpc) is 2.67. The molecule has 0 bridgehead atoms. The van der Waals surface area contributed by atoms with E-state index in [1.165, 1.54) is 6.07 Å².